The molecule has 166 valence electrons. The summed E-state index contributed by atoms with van der Waals surface area (Å²) in [5.74, 6) is -2.22. The summed E-state index contributed by atoms with van der Waals surface area (Å²) in [6.45, 7) is -0.941. The van der Waals surface area contributed by atoms with Crippen LogP contribution in [0.15, 0.2) is 78.9 Å². The number of carbonyl (C=O) groups is 2. The van der Waals surface area contributed by atoms with E-state index in [0.717, 1.165) is 12.1 Å². The normalized spacial score (nSPS) is 11.7. The molecule has 2 N–H and O–H groups in total. The van der Waals surface area contributed by atoms with Crippen molar-refractivity contribution in [3.05, 3.63) is 101 Å². The van der Waals surface area contributed by atoms with Crippen LogP contribution in [0.3, 0.4) is 0 Å². The maximum atomic E-state index is 13.2. The number of hydrogen-bond acceptors (Lipinski definition) is 4. The van der Waals surface area contributed by atoms with Crippen LogP contribution in [0.5, 0.6) is 0 Å². The molecule has 0 saturated carbocycles. The van der Waals surface area contributed by atoms with E-state index in [0.29, 0.717) is 0 Å². The summed E-state index contributed by atoms with van der Waals surface area (Å²) in [4.78, 5) is 25.1. The van der Waals surface area contributed by atoms with Crippen LogP contribution in [0, 0.1) is 0 Å². The predicted octanol–water partition coefficient (Wildman–Crippen LogP) is 4.78. The number of aliphatic hydroxyl groups is 1. The minimum absolute atomic E-state index is 0.196. The molecule has 1 amide bonds. The van der Waals surface area contributed by atoms with Crippen LogP contribution in [-0.2, 0) is 26.1 Å². The number of nitrogens with one attached hydrogen (secondary N) is 1. The standard InChI is InChI=1S/C23H17ClF3NO4/c24-18-13-7-12-17(23(25,26)27)20(18)28-19(29)14-32-21(30)22(31,15-8-3-1-4-9-15)16-10-5-2-6-11-16/h1-13,31H,14H2,(H,28,29). The van der Waals surface area contributed by atoms with Crippen molar-refractivity contribution in [1.82, 2.24) is 0 Å². The monoisotopic (exact) mass is 463 g/mol. The van der Waals surface area contributed by atoms with Crippen molar-refractivity contribution < 1.29 is 32.6 Å². The van der Waals surface area contributed by atoms with Crippen LogP contribution < -0.4 is 5.32 Å². The van der Waals surface area contributed by atoms with Crippen molar-refractivity contribution in [2.75, 3.05) is 11.9 Å². The highest BCUT2D eigenvalue weighted by Gasteiger charge is 2.42. The molecule has 9 heteroatoms. The Morgan fingerprint density at radius 3 is 1.91 bits per heavy atom. The van der Waals surface area contributed by atoms with Crippen LogP contribution in [0.25, 0.3) is 0 Å². The topological polar surface area (TPSA) is 75.6 Å². The molecule has 3 aromatic carbocycles. The zero-order valence-corrected chi connectivity index (χ0v) is 17.2. The lowest BCUT2D eigenvalue weighted by Gasteiger charge is -2.27. The molecule has 0 atom stereocenters. The first-order valence-corrected chi connectivity index (χ1v) is 9.68. The summed E-state index contributed by atoms with van der Waals surface area (Å²) in [6.07, 6.45) is -4.76. The van der Waals surface area contributed by atoms with Crippen molar-refractivity contribution >= 4 is 29.2 Å². The molecular formula is C23H17ClF3NO4. The second kappa shape index (κ2) is 9.42. The van der Waals surface area contributed by atoms with E-state index < -0.39 is 41.5 Å². The molecule has 3 rings (SSSR count). The highest BCUT2D eigenvalue weighted by molar-refractivity contribution is 6.34. The second-order valence-corrected chi connectivity index (χ2v) is 7.13. The Labute approximate surface area is 186 Å². The number of hydrogen-bond donors (Lipinski definition) is 2. The Morgan fingerprint density at radius 1 is 0.875 bits per heavy atom. The summed E-state index contributed by atoms with van der Waals surface area (Å²) < 4.78 is 44.6. The van der Waals surface area contributed by atoms with E-state index in [4.69, 9.17) is 16.3 Å². The highest BCUT2D eigenvalue weighted by atomic mass is 35.5. The van der Waals surface area contributed by atoms with Crippen LogP contribution >= 0.6 is 11.6 Å². The number of amides is 1. The molecule has 0 fully saturated rings. The Hall–Kier alpha value is -3.36. The van der Waals surface area contributed by atoms with Gasteiger partial charge in [0, 0.05) is 0 Å². The number of anilines is 1. The van der Waals surface area contributed by atoms with Gasteiger partial charge >= 0.3 is 12.1 Å². The maximum absolute atomic E-state index is 13.2. The molecule has 0 aromatic heterocycles. The molecule has 5 nitrogen and oxygen atoms in total. The van der Waals surface area contributed by atoms with Crippen molar-refractivity contribution in [2.45, 2.75) is 11.8 Å². The van der Waals surface area contributed by atoms with Crippen molar-refractivity contribution in [2.24, 2.45) is 0 Å². The minimum Gasteiger partial charge on any atom is -0.453 e. The van der Waals surface area contributed by atoms with E-state index in [1.165, 1.54) is 30.3 Å². The van der Waals surface area contributed by atoms with Crippen LogP contribution in [0.2, 0.25) is 5.02 Å². The Balaban J connectivity index is 1.81. The Morgan fingerprint density at radius 2 is 1.41 bits per heavy atom. The van der Waals surface area contributed by atoms with Gasteiger partial charge in [0.2, 0.25) is 5.60 Å². The number of alkyl halides is 3. The quantitative estimate of drug-likeness (QED) is 0.516. The molecular weight excluding hydrogens is 447 g/mol. The van der Waals surface area contributed by atoms with E-state index in [1.54, 1.807) is 36.4 Å². The van der Waals surface area contributed by atoms with E-state index in [-0.39, 0.29) is 16.1 Å². The Bertz CT molecular complexity index is 1070. The molecule has 0 heterocycles. The highest BCUT2D eigenvalue weighted by Crippen LogP contribution is 2.38. The number of rotatable bonds is 6. The van der Waals surface area contributed by atoms with E-state index in [9.17, 15) is 27.9 Å². The van der Waals surface area contributed by atoms with Crippen LogP contribution in [0.4, 0.5) is 18.9 Å². The summed E-state index contributed by atoms with van der Waals surface area (Å²) in [6, 6.07) is 18.9. The molecule has 0 radical (unpaired) electrons. The first kappa shape index (κ1) is 23.3. The second-order valence-electron chi connectivity index (χ2n) is 6.73. The Kier molecular flexibility index (Phi) is 6.86. The van der Waals surface area contributed by atoms with Gasteiger partial charge in [-0.3, -0.25) is 4.79 Å². The number of carbonyl (C=O) groups excluding carboxylic acids is 2. The van der Waals surface area contributed by atoms with Crippen molar-refractivity contribution in [3.8, 4) is 0 Å². The van der Waals surface area contributed by atoms with Gasteiger partial charge < -0.3 is 15.2 Å². The SMILES string of the molecule is O=C(COC(=O)C(O)(c1ccccc1)c1ccccc1)Nc1c(Cl)cccc1C(F)(F)F. The molecule has 3 aromatic rings. The van der Waals surface area contributed by atoms with Gasteiger partial charge in [0.15, 0.2) is 6.61 Å². The average Bonchev–Trinajstić information content (AvgIpc) is 2.78. The zero-order valence-electron chi connectivity index (χ0n) is 16.4. The summed E-state index contributed by atoms with van der Waals surface area (Å²) >= 11 is 5.81. The van der Waals surface area contributed by atoms with Crippen LogP contribution in [-0.4, -0.2) is 23.6 Å². The molecule has 0 bridgehead atoms. The zero-order chi connectivity index (χ0) is 23.4. The van der Waals surface area contributed by atoms with Gasteiger partial charge in [-0.25, -0.2) is 4.79 Å². The van der Waals surface area contributed by atoms with Gasteiger partial charge in [-0.2, -0.15) is 13.2 Å². The fourth-order valence-corrected chi connectivity index (χ4v) is 3.28. The predicted molar refractivity (Wildman–Crippen MR) is 112 cm³/mol. The molecule has 0 spiro atoms. The number of ether oxygens (including phenoxy) is 1. The smallest absolute Gasteiger partial charge is 0.418 e. The van der Waals surface area contributed by atoms with Crippen molar-refractivity contribution in [3.63, 3.8) is 0 Å². The molecule has 0 unspecified atom stereocenters. The summed E-state index contributed by atoms with van der Waals surface area (Å²) in [7, 11) is 0. The molecule has 0 aliphatic carbocycles. The van der Waals surface area contributed by atoms with E-state index in [1.807, 2.05) is 5.32 Å². The third-order valence-corrected chi connectivity index (χ3v) is 4.91. The van der Waals surface area contributed by atoms with Gasteiger partial charge in [0.1, 0.15) is 0 Å². The first-order valence-electron chi connectivity index (χ1n) is 9.30. The number of halogens is 4. The summed E-state index contributed by atoms with van der Waals surface area (Å²) in [5, 5.41) is 12.9. The lowest BCUT2D eigenvalue weighted by molar-refractivity contribution is -0.164. The van der Waals surface area contributed by atoms with E-state index >= 15 is 0 Å². The minimum atomic E-state index is -4.76. The lowest BCUT2D eigenvalue weighted by atomic mass is 9.86. The van der Waals surface area contributed by atoms with Gasteiger partial charge in [-0.05, 0) is 23.3 Å². The maximum Gasteiger partial charge on any atom is 0.418 e. The van der Waals surface area contributed by atoms with E-state index in [2.05, 4.69) is 0 Å². The first-order chi connectivity index (χ1) is 15.1. The molecule has 0 saturated heterocycles. The third kappa shape index (κ3) is 4.92. The number of para-hydroxylation sites is 1. The summed E-state index contributed by atoms with van der Waals surface area (Å²) in [5.41, 5.74) is -3.63. The van der Waals surface area contributed by atoms with Crippen molar-refractivity contribution in [1.29, 1.82) is 0 Å². The van der Waals surface area contributed by atoms with Gasteiger partial charge in [0.25, 0.3) is 5.91 Å². The molecule has 32 heavy (non-hydrogen) atoms. The van der Waals surface area contributed by atoms with Gasteiger partial charge in [-0.1, -0.05) is 78.3 Å². The third-order valence-electron chi connectivity index (χ3n) is 4.60. The van der Waals surface area contributed by atoms with Gasteiger partial charge in [-0.15, -0.1) is 0 Å². The molecule has 0 aliphatic heterocycles. The fourth-order valence-electron chi connectivity index (χ4n) is 3.06. The molecule has 0 aliphatic rings. The number of benzene rings is 3. The largest absolute Gasteiger partial charge is 0.453 e. The lowest BCUT2D eigenvalue weighted by Crippen LogP contribution is -2.40. The average molecular weight is 464 g/mol. The number of esters is 1. The van der Waals surface area contributed by atoms with Crippen LogP contribution in [0.1, 0.15) is 16.7 Å². The fraction of sp³-hybridized carbons (Fsp3) is 0.130. The van der Waals surface area contributed by atoms with Gasteiger partial charge in [0.05, 0.1) is 16.3 Å².